The second-order valence-electron chi connectivity index (χ2n) is 2.00. The predicted octanol–water partition coefficient (Wildman–Crippen LogP) is 3.23. The van der Waals surface area contributed by atoms with E-state index in [9.17, 15) is 4.39 Å². The molecule has 0 aromatic heterocycles. The van der Waals surface area contributed by atoms with E-state index < -0.39 is 0 Å². The summed E-state index contributed by atoms with van der Waals surface area (Å²) in [5, 5.41) is 2.89. The van der Waals surface area contributed by atoms with Crippen molar-refractivity contribution in [3.05, 3.63) is 26.0 Å². The second kappa shape index (κ2) is 3.71. The molecule has 11 heavy (non-hydrogen) atoms. The maximum Gasteiger partial charge on any atom is 0.139 e. The van der Waals surface area contributed by atoms with Crippen molar-refractivity contribution in [1.29, 1.82) is 0 Å². The molecule has 0 aliphatic rings. The molecular weight excluding hydrogens is 324 g/mol. The Bertz CT molecular complexity index is 277. The summed E-state index contributed by atoms with van der Waals surface area (Å²) >= 11 is 5.25. The average Bonchev–Trinajstić information content (AvgIpc) is 1.97. The zero-order chi connectivity index (χ0) is 8.43. The number of hydrogen-bond donors (Lipinski definition) is 1. The van der Waals surface area contributed by atoms with E-state index in [-0.39, 0.29) is 5.82 Å². The fourth-order valence-corrected chi connectivity index (χ4v) is 2.22. The Hall–Kier alpha value is 0.160. The minimum Gasteiger partial charge on any atom is -0.387 e. The van der Waals surface area contributed by atoms with Gasteiger partial charge in [-0.2, -0.15) is 0 Å². The van der Waals surface area contributed by atoms with E-state index in [1.54, 1.807) is 13.1 Å². The van der Waals surface area contributed by atoms with E-state index in [2.05, 4.69) is 43.8 Å². The maximum absolute atomic E-state index is 12.9. The third kappa shape index (κ3) is 2.05. The van der Waals surface area contributed by atoms with E-state index in [1.807, 2.05) is 0 Å². The van der Waals surface area contributed by atoms with E-state index >= 15 is 0 Å². The van der Waals surface area contributed by atoms with Gasteiger partial charge in [0.2, 0.25) is 0 Å². The first-order valence-electron chi connectivity index (χ1n) is 2.97. The Morgan fingerprint density at radius 1 is 1.55 bits per heavy atom. The topological polar surface area (TPSA) is 12.0 Å². The van der Waals surface area contributed by atoms with Gasteiger partial charge in [-0.1, -0.05) is 0 Å². The van der Waals surface area contributed by atoms with Crippen LogP contribution in [-0.2, 0) is 0 Å². The SMILES string of the molecule is CNc1cc(F)c(Br)cc1I. The predicted molar refractivity (Wildman–Crippen MR) is 56.4 cm³/mol. The molecule has 0 saturated carbocycles. The Kier molecular flexibility index (Phi) is 3.12. The molecule has 0 saturated heterocycles. The molecule has 0 heterocycles. The van der Waals surface area contributed by atoms with Crippen LogP contribution in [0.25, 0.3) is 0 Å². The molecule has 1 aromatic carbocycles. The smallest absolute Gasteiger partial charge is 0.139 e. The highest BCUT2D eigenvalue weighted by Gasteiger charge is 2.03. The lowest BCUT2D eigenvalue weighted by Crippen LogP contribution is -1.92. The summed E-state index contributed by atoms with van der Waals surface area (Å²) < 4.78 is 14.4. The highest BCUT2D eigenvalue weighted by atomic mass is 127. The lowest BCUT2D eigenvalue weighted by Gasteiger charge is -2.03. The molecule has 0 unspecified atom stereocenters. The number of benzene rings is 1. The largest absolute Gasteiger partial charge is 0.387 e. The minimum atomic E-state index is -0.241. The lowest BCUT2D eigenvalue weighted by molar-refractivity contribution is 0.621. The molecule has 0 spiro atoms. The van der Waals surface area contributed by atoms with Gasteiger partial charge in [0.25, 0.3) is 0 Å². The van der Waals surface area contributed by atoms with Crippen molar-refractivity contribution in [2.75, 3.05) is 12.4 Å². The Morgan fingerprint density at radius 2 is 2.18 bits per heavy atom. The van der Waals surface area contributed by atoms with Gasteiger partial charge in [-0.05, 0) is 50.7 Å². The molecule has 0 aliphatic carbocycles. The third-order valence-corrected chi connectivity index (χ3v) is 2.78. The van der Waals surface area contributed by atoms with Gasteiger partial charge in [0.05, 0.1) is 10.2 Å². The van der Waals surface area contributed by atoms with Crippen molar-refractivity contribution in [3.8, 4) is 0 Å². The maximum atomic E-state index is 12.9. The number of nitrogens with one attached hydrogen (secondary N) is 1. The summed E-state index contributed by atoms with van der Waals surface area (Å²) in [6.07, 6.45) is 0. The van der Waals surface area contributed by atoms with Gasteiger partial charge in [0.15, 0.2) is 0 Å². The highest BCUT2D eigenvalue weighted by molar-refractivity contribution is 14.1. The number of halogens is 3. The minimum absolute atomic E-state index is 0.241. The molecule has 0 fully saturated rings. The van der Waals surface area contributed by atoms with Gasteiger partial charge in [-0.15, -0.1) is 0 Å². The molecular formula is C7H6BrFIN. The summed E-state index contributed by atoms with van der Waals surface area (Å²) in [6.45, 7) is 0. The first kappa shape index (κ1) is 9.25. The molecule has 0 bridgehead atoms. The standard InChI is InChI=1S/C7H6BrFIN/c1-11-7-3-5(9)4(8)2-6(7)10/h2-3,11H,1H3. The van der Waals surface area contributed by atoms with Crippen LogP contribution >= 0.6 is 38.5 Å². The van der Waals surface area contributed by atoms with Gasteiger partial charge in [0, 0.05) is 10.6 Å². The van der Waals surface area contributed by atoms with Crippen LogP contribution in [0.5, 0.6) is 0 Å². The summed E-state index contributed by atoms with van der Waals surface area (Å²) in [5.41, 5.74) is 0.811. The second-order valence-corrected chi connectivity index (χ2v) is 4.01. The molecule has 0 atom stereocenters. The van der Waals surface area contributed by atoms with Gasteiger partial charge in [-0.3, -0.25) is 0 Å². The summed E-state index contributed by atoms with van der Waals surface area (Å²) in [7, 11) is 1.77. The van der Waals surface area contributed by atoms with Crippen LogP contribution in [0.4, 0.5) is 10.1 Å². The van der Waals surface area contributed by atoms with Gasteiger partial charge < -0.3 is 5.32 Å². The van der Waals surface area contributed by atoms with Crippen molar-refractivity contribution in [1.82, 2.24) is 0 Å². The van der Waals surface area contributed by atoms with Crippen LogP contribution in [0.15, 0.2) is 16.6 Å². The quantitative estimate of drug-likeness (QED) is 0.616. The molecule has 1 N–H and O–H groups in total. The van der Waals surface area contributed by atoms with Crippen LogP contribution in [0.1, 0.15) is 0 Å². The van der Waals surface area contributed by atoms with E-state index in [0.29, 0.717) is 4.47 Å². The molecule has 0 amide bonds. The first-order chi connectivity index (χ1) is 5.15. The van der Waals surface area contributed by atoms with E-state index in [1.165, 1.54) is 6.07 Å². The van der Waals surface area contributed by atoms with E-state index in [4.69, 9.17) is 0 Å². The number of anilines is 1. The molecule has 0 aliphatic heterocycles. The Morgan fingerprint density at radius 3 is 2.73 bits per heavy atom. The van der Waals surface area contributed by atoms with Crippen molar-refractivity contribution in [3.63, 3.8) is 0 Å². The molecule has 1 aromatic rings. The molecule has 4 heteroatoms. The van der Waals surface area contributed by atoms with Gasteiger partial charge in [-0.25, -0.2) is 4.39 Å². The molecule has 1 nitrogen and oxygen atoms in total. The van der Waals surface area contributed by atoms with Crippen LogP contribution in [0, 0.1) is 9.39 Å². The van der Waals surface area contributed by atoms with E-state index in [0.717, 1.165) is 9.26 Å². The normalized spacial score (nSPS) is 9.82. The van der Waals surface area contributed by atoms with Crippen molar-refractivity contribution >= 4 is 44.2 Å². The van der Waals surface area contributed by atoms with Gasteiger partial charge in [0.1, 0.15) is 5.82 Å². The Labute approximate surface area is 86.6 Å². The lowest BCUT2D eigenvalue weighted by atomic mass is 10.3. The summed E-state index contributed by atoms with van der Waals surface area (Å²) in [6, 6.07) is 3.20. The van der Waals surface area contributed by atoms with Crippen molar-refractivity contribution < 1.29 is 4.39 Å². The van der Waals surface area contributed by atoms with Crippen LogP contribution < -0.4 is 5.32 Å². The Balaban J connectivity index is 3.21. The number of hydrogen-bond acceptors (Lipinski definition) is 1. The summed E-state index contributed by atoms with van der Waals surface area (Å²) in [5.74, 6) is -0.241. The van der Waals surface area contributed by atoms with Crippen LogP contribution in [0.2, 0.25) is 0 Å². The monoisotopic (exact) mass is 329 g/mol. The highest BCUT2D eigenvalue weighted by Crippen LogP contribution is 2.25. The summed E-state index contributed by atoms with van der Waals surface area (Å²) in [4.78, 5) is 0. The zero-order valence-corrected chi connectivity index (χ0v) is 9.53. The molecule has 1 rings (SSSR count). The van der Waals surface area contributed by atoms with Crippen molar-refractivity contribution in [2.45, 2.75) is 0 Å². The van der Waals surface area contributed by atoms with Crippen LogP contribution in [-0.4, -0.2) is 7.05 Å². The average molecular weight is 330 g/mol. The fraction of sp³-hybridized carbons (Fsp3) is 0.143. The fourth-order valence-electron chi connectivity index (χ4n) is 0.714. The van der Waals surface area contributed by atoms with Crippen molar-refractivity contribution in [2.24, 2.45) is 0 Å². The third-order valence-electron chi connectivity index (χ3n) is 1.28. The van der Waals surface area contributed by atoms with Gasteiger partial charge >= 0.3 is 0 Å². The molecule has 60 valence electrons. The first-order valence-corrected chi connectivity index (χ1v) is 4.84. The number of rotatable bonds is 1. The van der Waals surface area contributed by atoms with Crippen LogP contribution in [0.3, 0.4) is 0 Å². The molecule has 0 radical (unpaired) electrons. The zero-order valence-electron chi connectivity index (χ0n) is 5.79.